The summed E-state index contributed by atoms with van der Waals surface area (Å²) in [6.45, 7) is 8.80. The molecule has 0 fully saturated rings. The van der Waals surface area contributed by atoms with E-state index < -0.39 is 0 Å². The van der Waals surface area contributed by atoms with E-state index in [2.05, 4.69) is 51.5 Å². The maximum atomic E-state index is 4.48. The first kappa shape index (κ1) is 21.3. The molecule has 2 aromatic rings. The van der Waals surface area contributed by atoms with E-state index in [4.69, 9.17) is 0 Å². The number of aliphatic imine (C=N–C) groups is 1. The topological polar surface area (TPSA) is 80.0 Å². The summed E-state index contributed by atoms with van der Waals surface area (Å²) >= 11 is 0. The van der Waals surface area contributed by atoms with Crippen LogP contribution in [0.5, 0.6) is 0 Å². The molecule has 2 rings (SSSR count). The number of hydrogen-bond donors (Lipinski definition) is 2. The van der Waals surface area contributed by atoms with E-state index in [0.717, 1.165) is 29.6 Å². The fourth-order valence-corrected chi connectivity index (χ4v) is 2.68. The molecular formula is C17H28IN7. The highest BCUT2D eigenvalue weighted by Crippen LogP contribution is 2.14. The lowest BCUT2D eigenvalue weighted by atomic mass is 10.1. The number of halogens is 1. The zero-order valence-electron chi connectivity index (χ0n) is 15.8. The molecule has 0 aliphatic heterocycles. The van der Waals surface area contributed by atoms with Crippen LogP contribution in [0, 0.1) is 20.8 Å². The number of nitrogens with one attached hydrogen (secondary N) is 2. The minimum atomic E-state index is 0. The molecule has 0 amide bonds. The lowest BCUT2D eigenvalue weighted by molar-refractivity contribution is 0.633. The number of aryl methyl sites for hydroxylation is 3. The van der Waals surface area contributed by atoms with E-state index in [1.807, 2.05) is 24.7 Å². The first-order valence-corrected chi connectivity index (χ1v) is 8.15. The predicted octanol–water partition coefficient (Wildman–Crippen LogP) is 2.05. The second-order valence-electron chi connectivity index (χ2n) is 6.04. The Morgan fingerprint density at radius 1 is 1.32 bits per heavy atom. The van der Waals surface area contributed by atoms with Gasteiger partial charge in [0.05, 0.1) is 17.9 Å². The molecule has 0 aromatic carbocycles. The quantitative estimate of drug-likeness (QED) is 0.408. The van der Waals surface area contributed by atoms with Gasteiger partial charge in [-0.25, -0.2) is 9.97 Å². The molecule has 0 aliphatic carbocycles. The smallest absolute Gasteiger partial charge is 0.191 e. The predicted molar refractivity (Wildman–Crippen MR) is 111 cm³/mol. The SMILES string of the molecule is CN=C(NCc1ccnc(C)n1)NC(C)Cc1c(C)nn(C)c1C.I. The molecule has 8 heteroatoms. The van der Waals surface area contributed by atoms with E-state index in [9.17, 15) is 0 Å². The zero-order valence-corrected chi connectivity index (χ0v) is 18.1. The molecule has 1 unspecified atom stereocenters. The van der Waals surface area contributed by atoms with Crippen LogP contribution in [0.3, 0.4) is 0 Å². The Morgan fingerprint density at radius 2 is 2.04 bits per heavy atom. The van der Waals surface area contributed by atoms with Crippen LogP contribution < -0.4 is 10.6 Å². The number of hydrogen-bond acceptors (Lipinski definition) is 4. The summed E-state index contributed by atoms with van der Waals surface area (Å²) in [5, 5.41) is 11.2. The molecule has 0 bridgehead atoms. The van der Waals surface area contributed by atoms with Crippen molar-refractivity contribution in [1.82, 2.24) is 30.4 Å². The first-order chi connectivity index (χ1) is 11.4. The van der Waals surface area contributed by atoms with Crippen molar-refractivity contribution in [2.45, 2.75) is 46.7 Å². The van der Waals surface area contributed by atoms with E-state index >= 15 is 0 Å². The van der Waals surface area contributed by atoms with Crippen LogP contribution in [0.1, 0.15) is 35.4 Å². The third-order valence-corrected chi connectivity index (χ3v) is 4.05. The highest BCUT2D eigenvalue weighted by molar-refractivity contribution is 14.0. The van der Waals surface area contributed by atoms with Gasteiger partial charge in [0.25, 0.3) is 0 Å². The normalized spacial score (nSPS) is 12.5. The Hall–Kier alpha value is -1.71. The summed E-state index contributed by atoms with van der Waals surface area (Å²) in [6.07, 6.45) is 2.67. The van der Waals surface area contributed by atoms with Crippen molar-refractivity contribution < 1.29 is 0 Å². The lowest BCUT2D eigenvalue weighted by Crippen LogP contribution is -2.43. The van der Waals surface area contributed by atoms with Crippen LogP contribution >= 0.6 is 24.0 Å². The third kappa shape index (κ3) is 5.94. The zero-order chi connectivity index (χ0) is 17.7. The summed E-state index contributed by atoms with van der Waals surface area (Å²) in [5.41, 5.74) is 4.53. The minimum absolute atomic E-state index is 0. The first-order valence-electron chi connectivity index (χ1n) is 8.15. The average Bonchev–Trinajstić information content (AvgIpc) is 2.78. The van der Waals surface area contributed by atoms with Gasteiger partial charge in [0.2, 0.25) is 0 Å². The molecule has 2 aromatic heterocycles. The highest BCUT2D eigenvalue weighted by atomic mass is 127. The Labute approximate surface area is 166 Å². The van der Waals surface area contributed by atoms with Crippen molar-refractivity contribution in [3.63, 3.8) is 0 Å². The Bertz CT molecular complexity index is 724. The van der Waals surface area contributed by atoms with Crippen LogP contribution in [0.25, 0.3) is 0 Å². The molecule has 7 nitrogen and oxygen atoms in total. The monoisotopic (exact) mass is 457 g/mol. The Balaban J connectivity index is 0.00000312. The van der Waals surface area contributed by atoms with Crippen molar-refractivity contribution >= 4 is 29.9 Å². The molecule has 1 atom stereocenters. The van der Waals surface area contributed by atoms with Crippen molar-refractivity contribution in [2.24, 2.45) is 12.0 Å². The van der Waals surface area contributed by atoms with Crippen LogP contribution in [0.15, 0.2) is 17.3 Å². The summed E-state index contributed by atoms with van der Waals surface area (Å²) in [5.74, 6) is 1.53. The molecule has 0 saturated carbocycles. The van der Waals surface area contributed by atoms with Gasteiger partial charge < -0.3 is 10.6 Å². The standard InChI is InChI=1S/C17H27N7.HI/c1-11(9-16-12(2)23-24(6)13(16)3)21-17(18-5)20-10-15-7-8-19-14(4)22-15;/h7-8,11H,9-10H2,1-6H3,(H2,18,20,21);1H. The Kier molecular flexibility index (Phi) is 8.27. The lowest BCUT2D eigenvalue weighted by Gasteiger charge is -2.18. The van der Waals surface area contributed by atoms with Crippen LogP contribution in [0.4, 0.5) is 0 Å². The minimum Gasteiger partial charge on any atom is -0.354 e. The molecular weight excluding hydrogens is 429 g/mol. The fraction of sp³-hybridized carbons (Fsp3) is 0.529. The molecule has 138 valence electrons. The molecule has 0 saturated heterocycles. The number of nitrogens with zero attached hydrogens (tertiary/aromatic N) is 5. The summed E-state index contributed by atoms with van der Waals surface area (Å²) in [6, 6.07) is 2.14. The summed E-state index contributed by atoms with van der Waals surface area (Å²) < 4.78 is 1.93. The number of aromatic nitrogens is 4. The highest BCUT2D eigenvalue weighted by Gasteiger charge is 2.14. The number of guanidine groups is 1. The van der Waals surface area contributed by atoms with E-state index in [-0.39, 0.29) is 30.0 Å². The Morgan fingerprint density at radius 3 is 2.60 bits per heavy atom. The van der Waals surface area contributed by atoms with Gasteiger partial charge in [0.15, 0.2) is 5.96 Å². The van der Waals surface area contributed by atoms with Crippen molar-refractivity contribution in [1.29, 1.82) is 0 Å². The van der Waals surface area contributed by atoms with Gasteiger partial charge in [-0.05, 0) is 45.7 Å². The molecule has 0 radical (unpaired) electrons. The van der Waals surface area contributed by atoms with E-state index in [0.29, 0.717) is 6.54 Å². The fourth-order valence-electron chi connectivity index (χ4n) is 2.68. The third-order valence-electron chi connectivity index (χ3n) is 4.05. The maximum absolute atomic E-state index is 4.48. The van der Waals surface area contributed by atoms with Crippen molar-refractivity contribution in [2.75, 3.05) is 7.05 Å². The average molecular weight is 457 g/mol. The van der Waals surface area contributed by atoms with Crippen LogP contribution in [-0.2, 0) is 20.0 Å². The van der Waals surface area contributed by atoms with Gasteiger partial charge >= 0.3 is 0 Å². The second kappa shape index (κ2) is 9.69. The molecule has 0 spiro atoms. The second-order valence-corrected chi connectivity index (χ2v) is 6.04. The molecule has 2 heterocycles. The number of rotatable bonds is 5. The maximum Gasteiger partial charge on any atom is 0.191 e. The van der Waals surface area contributed by atoms with Gasteiger partial charge in [0.1, 0.15) is 5.82 Å². The molecule has 0 aliphatic rings. The largest absolute Gasteiger partial charge is 0.354 e. The van der Waals surface area contributed by atoms with E-state index in [1.54, 1.807) is 13.2 Å². The molecule has 25 heavy (non-hydrogen) atoms. The van der Waals surface area contributed by atoms with Crippen molar-refractivity contribution in [3.8, 4) is 0 Å². The van der Waals surface area contributed by atoms with Crippen LogP contribution in [-0.4, -0.2) is 38.8 Å². The molecule has 2 N–H and O–H groups in total. The van der Waals surface area contributed by atoms with Gasteiger partial charge in [-0.15, -0.1) is 24.0 Å². The van der Waals surface area contributed by atoms with E-state index in [1.165, 1.54) is 11.3 Å². The summed E-state index contributed by atoms with van der Waals surface area (Å²) in [7, 11) is 3.75. The van der Waals surface area contributed by atoms with Gasteiger partial charge in [-0.1, -0.05) is 0 Å². The summed E-state index contributed by atoms with van der Waals surface area (Å²) in [4.78, 5) is 12.8. The van der Waals surface area contributed by atoms with Gasteiger partial charge in [-0.3, -0.25) is 9.67 Å². The van der Waals surface area contributed by atoms with Crippen LogP contribution in [0.2, 0.25) is 0 Å². The van der Waals surface area contributed by atoms with Crippen molar-refractivity contribution in [3.05, 3.63) is 40.7 Å². The van der Waals surface area contributed by atoms with Gasteiger partial charge in [0, 0.05) is 32.0 Å². The van der Waals surface area contributed by atoms with Gasteiger partial charge in [-0.2, -0.15) is 5.10 Å².